The van der Waals surface area contributed by atoms with Crippen molar-refractivity contribution in [2.24, 2.45) is 4.99 Å². The zero-order valence-electron chi connectivity index (χ0n) is 20.3. The van der Waals surface area contributed by atoms with Crippen LogP contribution < -0.4 is 5.43 Å². The van der Waals surface area contributed by atoms with Crippen LogP contribution in [0.5, 0.6) is 0 Å². The van der Waals surface area contributed by atoms with E-state index in [4.69, 9.17) is 4.99 Å². The molecular weight excluding hydrogens is 428 g/mol. The van der Waals surface area contributed by atoms with Gasteiger partial charge in [-0.2, -0.15) is 0 Å². The average molecular weight is 463 g/mol. The molecule has 2 atom stereocenters. The van der Waals surface area contributed by atoms with E-state index in [1.807, 2.05) is 67.1 Å². The number of nitrogens with zero attached hydrogens (tertiary/aromatic N) is 5. The quantitative estimate of drug-likeness (QED) is 0.586. The summed E-state index contributed by atoms with van der Waals surface area (Å²) in [4.78, 5) is 40.3. The van der Waals surface area contributed by atoms with Gasteiger partial charge in [0.25, 0.3) is 5.91 Å². The number of aromatic nitrogens is 1. The lowest BCUT2D eigenvalue weighted by molar-refractivity contribution is -0.144. The number of urea groups is 1. The van der Waals surface area contributed by atoms with Crippen molar-refractivity contribution in [3.8, 4) is 0 Å². The molecule has 180 valence electrons. The minimum Gasteiger partial charge on any atom is -0.296 e. The zero-order chi connectivity index (χ0) is 24.1. The number of benzene rings is 1. The molecule has 0 bridgehead atoms. The van der Waals surface area contributed by atoms with Crippen LogP contribution in [0.4, 0.5) is 4.79 Å². The summed E-state index contributed by atoms with van der Waals surface area (Å²) >= 11 is 0. The van der Waals surface area contributed by atoms with E-state index in [0.29, 0.717) is 45.3 Å². The van der Waals surface area contributed by atoms with Crippen LogP contribution in [-0.4, -0.2) is 68.9 Å². The Morgan fingerprint density at radius 2 is 1.76 bits per heavy atom. The van der Waals surface area contributed by atoms with Gasteiger partial charge in [0, 0.05) is 37.9 Å². The summed E-state index contributed by atoms with van der Waals surface area (Å²) in [5.74, 6) is 0.544. The van der Waals surface area contributed by atoms with Gasteiger partial charge in [0.05, 0.1) is 0 Å². The molecule has 1 aromatic carbocycles. The highest BCUT2D eigenvalue weighted by Gasteiger charge is 2.62. The first-order valence-corrected chi connectivity index (χ1v) is 12.2. The molecule has 0 saturated carbocycles. The predicted octanol–water partition coefficient (Wildman–Crippen LogP) is 3.25. The SMILES string of the molecule is CCCN1C(=O)C2N(NCC)C(Cc3ccccn3)=NC2(CC)N(CCc2ccccc2)C1=O. The number of rotatable bonds is 10. The third kappa shape index (κ3) is 4.30. The van der Waals surface area contributed by atoms with E-state index in [1.54, 1.807) is 6.20 Å². The highest BCUT2D eigenvalue weighted by molar-refractivity contribution is 6.05. The van der Waals surface area contributed by atoms with Crippen LogP contribution in [0.2, 0.25) is 0 Å². The summed E-state index contributed by atoms with van der Waals surface area (Å²) in [6.45, 7) is 7.51. The second-order valence-corrected chi connectivity index (χ2v) is 8.70. The highest BCUT2D eigenvalue weighted by atomic mass is 16.2. The number of carbonyl (C=O) groups excluding carboxylic acids is 2. The molecular formula is C26H34N6O2. The van der Waals surface area contributed by atoms with Crippen LogP contribution in [0.3, 0.4) is 0 Å². The van der Waals surface area contributed by atoms with Crippen molar-refractivity contribution in [3.63, 3.8) is 0 Å². The summed E-state index contributed by atoms with van der Waals surface area (Å²) < 4.78 is 0. The number of hydrogen-bond donors (Lipinski definition) is 1. The summed E-state index contributed by atoms with van der Waals surface area (Å²) in [7, 11) is 0. The summed E-state index contributed by atoms with van der Waals surface area (Å²) in [6.07, 6.45) is 4.18. The molecule has 8 nitrogen and oxygen atoms in total. The first kappa shape index (κ1) is 23.9. The molecule has 0 spiro atoms. The lowest BCUT2D eigenvalue weighted by Crippen LogP contribution is -2.73. The number of imide groups is 1. The Kier molecular flexibility index (Phi) is 7.26. The normalized spacial score (nSPS) is 22.3. The Labute approximate surface area is 201 Å². The van der Waals surface area contributed by atoms with Gasteiger partial charge in [-0.05, 0) is 37.0 Å². The summed E-state index contributed by atoms with van der Waals surface area (Å²) in [6, 6.07) is 15.0. The van der Waals surface area contributed by atoms with Gasteiger partial charge in [0.1, 0.15) is 5.84 Å². The second-order valence-electron chi connectivity index (χ2n) is 8.70. The lowest BCUT2D eigenvalue weighted by Gasteiger charge is -2.50. The minimum absolute atomic E-state index is 0.189. The number of amidine groups is 1. The molecule has 4 rings (SSSR count). The molecule has 3 heterocycles. The highest BCUT2D eigenvalue weighted by Crippen LogP contribution is 2.40. The molecule has 3 amide bonds. The minimum atomic E-state index is -0.959. The number of pyridine rings is 1. The standard InChI is InChI=1S/C26H34N6O2/c1-4-17-30-24(33)23-26(5-2,31(25(30)34)18-15-20-12-8-7-9-13-20)29-22(32(23)28-6-3)19-21-14-10-11-16-27-21/h7-14,16,23,28H,4-6,15,17-19H2,1-3H3. The van der Waals surface area contributed by atoms with E-state index in [0.717, 1.165) is 17.1 Å². The molecule has 1 aromatic heterocycles. The van der Waals surface area contributed by atoms with Gasteiger partial charge in [0.15, 0.2) is 11.7 Å². The van der Waals surface area contributed by atoms with Crippen LogP contribution >= 0.6 is 0 Å². The molecule has 2 unspecified atom stereocenters. The van der Waals surface area contributed by atoms with Crippen molar-refractivity contribution in [3.05, 3.63) is 66.0 Å². The number of nitrogens with one attached hydrogen (secondary N) is 1. The zero-order valence-corrected chi connectivity index (χ0v) is 20.3. The van der Waals surface area contributed by atoms with Crippen molar-refractivity contribution in [1.29, 1.82) is 0 Å². The maximum atomic E-state index is 13.8. The fourth-order valence-electron chi connectivity index (χ4n) is 4.97. The number of fused-ring (bicyclic) bond motifs is 1. The van der Waals surface area contributed by atoms with Gasteiger partial charge in [0.2, 0.25) is 0 Å². The van der Waals surface area contributed by atoms with E-state index in [1.165, 1.54) is 4.90 Å². The molecule has 0 aliphatic carbocycles. The molecule has 1 saturated heterocycles. The molecule has 8 heteroatoms. The largest absolute Gasteiger partial charge is 0.328 e. The van der Waals surface area contributed by atoms with Crippen molar-refractivity contribution in [2.45, 2.75) is 58.2 Å². The van der Waals surface area contributed by atoms with Crippen molar-refractivity contribution in [2.75, 3.05) is 19.6 Å². The fourth-order valence-corrected chi connectivity index (χ4v) is 4.97. The van der Waals surface area contributed by atoms with Crippen LogP contribution in [0.1, 0.15) is 44.9 Å². The van der Waals surface area contributed by atoms with Gasteiger partial charge in [-0.25, -0.2) is 15.2 Å². The monoisotopic (exact) mass is 462 g/mol. The summed E-state index contributed by atoms with van der Waals surface area (Å²) in [5.41, 5.74) is 4.42. The van der Waals surface area contributed by atoms with Crippen LogP contribution in [0.15, 0.2) is 59.7 Å². The summed E-state index contributed by atoms with van der Waals surface area (Å²) in [5, 5.41) is 1.89. The molecule has 2 aliphatic rings. The van der Waals surface area contributed by atoms with Crippen molar-refractivity contribution in [1.82, 2.24) is 25.2 Å². The molecule has 1 N–H and O–H groups in total. The van der Waals surface area contributed by atoms with Crippen LogP contribution in [0.25, 0.3) is 0 Å². The van der Waals surface area contributed by atoms with E-state index in [9.17, 15) is 9.59 Å². The van der Waals surface area contributed by atoms with Gasteiger partial charge in [-0.1, -0.05) is 57.2 Å². The first-order chi connectivity index (χ1) is 16.6. The van der Waals surface area contributed by atoms with E-state index in [2.05, 4.69) is 22.5 Å². The maximum absolute atomic E-state index is 13.8. The topological polar surface area (TPSA) is 81.1 Å². The smallest absolute Gasteiger partial charge is 0.296 e. The van der Waals surface area contributed by atoms with Gasteiger partial charge in [-0.3, -0.25) is 24.6 Å². The van der Waals surface area contributed by atoms with Crippen LogP contribution in [0, 0.1) is 0 Å². The molecule has 0 radical (unpaired) electrons. The Morgan fingerprint density at radius 3 is 2.41 bits per heavy atom. The average Bonchev–Trinajstić information content (AvgIpc) is 3.17. The van der Waals surface area contributed by atoms with Crippen molar-refractivity contribution < 1.29 is 9.59 Å². The van der Waals surface area contributed by atoms with Gasteiger partial charge < -0.3 is 0 Å². The second kappa shape index (κ2) is 10.3. The third-order valence-corrected chi connectivity index (χ3v) is 6.55. The Hall–Kier alpha value is -3.26. The fraction of sp³-hybridized carbons (Fsp3) is 0.462. The maximum Gasteiger partial charge on any atom is 0.328 e. The molecule has 2 aliphatic heterocycles. The first-order valence-electron chi connectivity index (χ1n) is 12.2. The molecule has 1 fully saturated rings. The van der Waals surface area contributed by atoms with E-state index >= 15 is 0 Å². The Morgan fingerprint density at radius 1 is 1.00 bits per heavy atom. The number of carbonyl (C=O) groups is 2. The van der Waals surface area contributed by atoms with E-state index in [-0.39, 0.29) is 11.9 Å². The number of hydrogen-bond acceptors (Lipinski definition) is 6. The number of amides is 3. The Bertz CT molecular complexity index is 1030. The predicted molar refractivity (Wildman–Crippen MR) is 132 cm³/mol. The van der Waals surface area contributed by atoms with Gasteiger partial charge in [-0.15, -0.1) is 0 Å². The lowest BCUT2D eigenvalue weighted by atomic mass is 9.91. The number of hydrazine groups is 1. The van der Waals surface area contributed by atoms with Gasteiger partial charge >= 0.3 is 6.03 Å². The van der Waals surface area contributed by atoms with Crippen LogP contribution in [-0.2, 0) is 17.6 Å². The number of aliphatic imine (C=N–C) groups is 1. The van der Waals surface area contributed by atoms with Crippen molar-refractivity contribution >= 4 is 17.8 Å². The molecule has 34 heavy (non-hydrogen) atoms. The molecule has 2 aromatic rings. The van der Waals surface area contributed by atoms with E-state index < -0.39 is 11.7 Å². The Balaban J connectivity index is 1.75. The third-order valence-electron chi connectivity index (χ3n) is 6.55.